The van der Waals surface area contributed by atoms with Gasteiger partial charge in [0.1, 0.15) is 17.4 Å². The van der Waals surface area contributed by atoms with E-state index in [4.69, 9.17) is 4.74 Å². The zero-order chi connectivity index (χ0) is 18.8. The van der Waals surface area contributed by atoms with Crippen LogP contribution in [0.1, 0.15) is 24.7 Å². The van der Waals surface area contributed by atoms with Crippen LogP contribution in [-0.4, -0.2) is 40.2 Å². The predicted octanol–water partition coefficient (Wildman–Crippen LogP) is 4.17. The van der Waals surface area contributed by atoms with Crippen LogP contribution >= 0.6 is 11.8 Å². The number of methoxy groups -OCH3 is 1. The Morgan fingerprint density at radius 3 is 3.11 bits per heavy atom. The Bertz CT molecular complexity index is 975. The van der Waals surface area contributed by atoms with Gasteiger partial charge in [0, 0.05) is 11.4 Å². The summed E-state index contributed by atoms with van der Waals surface area (Å²) in [4.78, 5) is 23.4. The number of carbonyl (C=O) groups excluding carboxylic acids is 1. The number of fused-ring (bicyclic) bond motifs is 1. The van der Waals surface area contributed by atoms with Gasteiger partial charge < -0.3 is 14.6 Å². The first-order chi connectivity index (χ1) is 13.1. The number of aromatic nitrogens is 2. The van der Waals surface area contributed by atoms with Crippen molar-refractivity contribution in [2.75, 3.05) is 19.4 Å². The van der Waals surface area contributed by atoms with Crippen LogP contribution in [0, 0.1) is 5.82 Å². The Balaban J connectivity index is 1.47. The van der Waals surface area contributed by atoms with Crippen molar-refractivity contribution < 1.29 is 13.9 Å². The molecule has 2 aromatic carbocycles. The van der Waals surface area contributed by atoms with Crippen molar-refractivity contribution in [3.05, 3.63) is 54.1 Å². The van der Waals surface area contributed by atoms with E-state index in [9.17, 15) is 9.18 Å². The average Bonchev–Trinajstić information content (AvgIpc) is 3.32. The number of thioether (sulfide) groups is 1. The first kappa shape index (κ1) is 17.9. The third kappa shape index (κ3) is 3.78. The van der Waals surface area contributed by atoms with E-state index < -0.39 is 0 Å². The second-order valence-corrected chi connectivity index (χ2v) is 7.55. The molecule has 1 aliphatic heterocycles. The van der Waals surface area contributed by atoms with Gasteiger partial charge >= 0.3 is 0 Å². The fourth-order valence-corrected chi connectivity index (χ4v) is 4.26. The number of likely N-dealkylation sites (tertiary alicyclic amines) is 1. The largest absolute Gasteiger partial charge is 0.497 e. The molecule has 1 fully saturated rings. The van der Waals surface area contributed by atoms with Gasteiger partial charge in [0.05, 0.1) is 29.9 Å². The summed E-state index contributed by atoms with van der Waals surface area (Å²) < 4.78 is 18.6. The number of H-pyrrole nitrogens is 1. The topological polar surface area (TPSA) is 58.2 Å². The SMILES string of the molecule is COc1cccc(SCC(=O)N2CCCC2c2nc3ccc(F)cc3[nH]2)c1. The summed E-state index contributed by atoms with van der Waals surface area (Å²) in [6.45, 7) is 0.716. The van der Waals surface area contributed by atoms with Crippen molar-refractivity contribution >= 4 is 28.7 Å². The monoisotopic (exact) mass is 385 g/mol. The summed E-state index contributed by atoms with van der Waals surface area (Å²) in [5, 5.41) is 0. The number of hydrogen-bond acceptors (Lipinski definition) is 4. The van der Waals surface area contributed by atoms with Gasteiger partial charge in [0.25, 0.3) is 0 Å². The smallest absolute Gasteiger partial charge is 0.233 e. The highest BCUT2D eigenvalue weighted by Gasteiger charge is 2.32. The van der Waals surface area contributed by atoms with Crippen LogP contribution in [0.3, 0.4) is 0 Å². The van der Waals surface area contributed by atoms with E-state index in [2.05, 4.69) is 9.97 Å². The maximum Gasteiger partial charge on any atom is 0.233 e. The number of nitrogens with one attached hydrogen (secondary N) is 1. The normalized spacial score (nSPS) is 16.8. The molecular weight excluding hydrogens is 365 g/mol. The van der Waals surface area contributed by atoms with E-state index >= 15 is 0 Å². The molecular formula is C20H20FN3O2S. The quantitative estimate of drug-likeness (QED) is 0.670. The molecule has 0 spiro atoms. The van der Waals surface area contributed by atoms with Gasteiger partial charge in [-0.05, 0) is 49.2 Å². The first-order valence-corrected chi connectivity index (χ1v) is 9.84. The highest BCUT2D eigenvalue weighted by Crippen LogP contribution is 2.33. The number of amides is 1. The fraction of sp³-hybridized carbons (Fsp3) is 0.300. The third-order valence-corrected chi connectivity index (χ3v) is 5.73. The Morgan fingerprint density at radius 1 is 1.37 bits per heavy atom. The molecule has 27 heavy (non-hydrogen) atoms. The Morgan fingerprint density at radius 2 is 2.26 bits per heavy atom. The Labute approximate surface area is 160 Å². The van der Waals surface area contributed by atoms with Gasteiger partial charge in [-0.1, -0.05) is 6.07 Å². The van der Waals surface area contributed by atoms with Gasteiger partial charge in [-0.15, -0.1) is 11.8 Å². The van der Waals surface area contributed by atoms with Crippen LogP contribution in [0.4, 0.5) is 4.39 Å². The second-order valence-electron chi connectivity index (χ2n) is 6.50. The second kappa shape index (κ2) is 7.60. The maximum atomic E-state index is 13.4. The molecule has 1 saturated heterocycles. The van der Waals surface area contributed by atoms with Gasteiger partial charge in [-0.3, -0.25) is 4.79 Å². The van der Waals surface area contributed by atoms with Gasteiger partial charge in [-0.25, -0.2) is 9.37 Å². The Hall–Kier alpha value is -2.54. The van der Waals surface area contributed by atoms with E-state index in [0.29, 0.717) is 17.8 Å². The lowest BCUT2D eigenvalue weighted by Gasteiger charge is -2.23. The maximum absolute atomic E-state index is 13.4. The molecule has 7 heteroatoms. The fourth-order valence-electron chi connectivity index (χ4n) is 3.43. The average molecular weight is 385 g/mol. The molecule has 0 aliphatic carbocycles. The molecule has 1 N–H and O–H groups in total. The third-order valence-electron chi connectivity index (χ3n) is 4.75. The van der Waals surface area contributed by atoms with E-state index in [1.165, 1.54) is 23.9 Å². The minimum atomic E-state index is -0.299. The van der Waals surface area contributed by atoms with Gasteiger partial charge in [-0.2, -0.15) is 0 Å². The van der Waals surface area contributed by atoms with E-state index in [1.54, 1.807) is 13.2 Å². The highest BCUT2D eigenvalue weighted by atomic mass is 32.2. The zero-order valence-electron chi connectivity index (χ0n) is 14.9. The van der Waals surface area contributed by atoms with Crippen molar-refractivity contribution in [1.29, 1.82) is 0 Å². The van der Waals surface area contributed by atoms with Crippen LogP contribution in [0.5, 0.6) is 5.75 Å². The molecule has 4 rings (SSSR count). The number of imidazole rings is 1. The zero-order valence-corrected chi connectivity index (χ0v) is 15.8. The van der Waals surface area contributed by atoms with Gasteiger partial charge in [0.15, 0.2) is 0 Å². The molecule has 1 unspecified atom stereocenters. The summed E-state index contributed by atoms with van der Waals surface area (Å²) in [7, 11) is 1.63. The highest BCUT2D eigenvalue weighted by molar-refractivity contribution is 8.00. The predicted molar refractivity (Wildman–Crippen MR) is 103 cm³/mol. The minimum Gasteiger partial charge on any atom is -0.497 e. The van der Waals surface area contributed by atoms with Crippen LogP contribution in [0.15, 0.2) is 47.4 Å². The number of carbonyl (C=O) groups is 1. The molecule has 140 valence electrons. The van der Waals surface area contributed by atoms with Crippen LogP contribution in [-0.2, 0) is 4.79 Å². The van der Waals surface area contributed by atoms with Gasteiger partial charge in [0.2, 0.25) is 5.91 Å². The van der Waals surface area contributed by atoms with Crippen LogP contribution in [0.25, 0.3) is 11.0 Å². The van der Waals surface area contributed by atoms with Crippen molar-refractivity contribution in [1.82, 2.24) is 14.9 Å². The summed E-state index contributed by atoms with van der Waals surface area (Å²) in [5.41, 5.74) is 1.38. The Kier molecular flexibility index (Phi) is 5.03. The van der Waals surface area contributed by atoms with Crippen molar-refractivity contribution in [3.8, 4) is 5.75 Å². The number of benzene rings is 2. The molecule has 3 aromatic rings. The molecule has 0 bridgehead atoms. The summed E-state index contributed by atoms with van der Waals surface area (Å²) in [6, 6.07) is 12.1. The summed E-state index contributed by atoms with van der Waals surface area (Å²) in [5.74, 6) is 1.65. The van der Waals surface area contributed by atoms with Crippen molar-refractivity contribution in [3.63, 3.8) is 0 Å². The van der Waals surface area contributed by atoms with E-state index in [0.717, 1.165) is 34.8 Å². The van der Waals surface area contributed by atoms with Crippen molar-refractivity contribution in [2.24, 2.45) is 0 Å². The number of rotatable bonds is 5. The van der Waals surface area contributed by atoms with Crippen LogP contribution < -0.4 is 4.74 Å². The van der Waals surface area contributed by atoms with Crippen molar-refractivity contribution in [2.45, 2.75) is 23.8 Å². The number of nitrogens with zero attached hydrogens (tertiary/aromatic N) is 2. The van der Waals surface area contributed by atoms with E-state index in [-0.39, 0.29) is 17.8 Å². The molecule has 5 nitrogen and oxygen atoms in total. The standard InChI is InChI=1S/C20H20FN3O2S/c1-26-14-4-2-5-15(11-14)27-12-19(25)24-9-3-6-18(24)20-22-16-8-7-13(21)10-17(16)23-20/h2,4-5,7-8,10-11,18H,3,6,9,12H2,1H3,(H,22,23). The first-order valence-electron chi connectivity index (χ1n) is 8.85. The molecule has 1 atom stereocenters. The number of ether oxygens (including phenoxy) is 1. The lowest BCUT2D eigenvalue weighted by Crippen LogP contribution is -2.32. The minimum absolute atomic E-state index is 0.0805. The summed E-state index contributed by atoms with van der Waals surface area (Å²) >= 11 is 1.50. The molecule has 0 radical (unpaired) electrons. The molecule has 1 aliphatic rings. The molecule has 1 amide bonds. The van der Waals surface area contributed by atoms with Crippen LogP contribution in [0.2, 0.25) is 0 Å². The molecule has 2 heterocycles. The van der Waals surface area contributed by atoms with E-state index in [1.807, 2.05) is 29.2 Å². The molecule has 1 aromatic heterocycles. The lowest BCUT2D eigenvalue weighted by atomic mass is 10.2. The number of aromatic amines is 1. The number of hydrogen-bond donors (Lipinski definition) is 1. The summed E-state index contributed by atoms with van der Waals surface area (Å²) in [6.07, 6.45) is 1.80. The number of halogens is 1. The molecule has 0 saturated carbocycles. The lowest BCUT2D eigenvalue weighted by molar-refractivity contribution is -0.129.